The summed E-state index contributed by atoms with van der Waals surface area (Å²) in [7, 11) is 2.95. The summed E-state index contributed by atoms with van der Waals surface area (Å²) < 4.78 is 23.6. The van der Waals surface area contributed by atoms with Crippen LogP contribution >= 0.6 is 0 Å². The molecule has 3 N–H and O–H groups in total. The number of aliphatic hydroxyl groups is 2. The van der Waals surface area contributed by atoms with Gasteiger partial charge in [0.05, 0.1) is 38.4 Å². The van der Waals surface area contributed by atoms with E-state index in [-0.39, 0.29) is 23.7 Å². The van der Waals surface area contributed by atoms with Crippen LogP contribution in [0, 0.1) is 17.2 Å². The Hall–Kier alpha value is -4.26. The zero-order valence-electron chi connectivity index (χ0n) is 22.5. The van der Waals surface area contributed by atoms with Gasteiger partial charge >= 0.3 is 5.97 Å². The second kappa shape index (κ2) is 10.0. The average molecular weight is 546 g/mol. The van der Waals surface area contributed by atoms with Crippen molar-refractivity contribution >= 4 is 5.97 Å². The van der Waals surface area contributed by atoms with Crippen LogP contribution in [0.5, 0.6) is 23.0 Å². The molecule has 0 amide bonds. The van der Waals surface area contributed by atoms with Crippen molar-refractivity contribution in [2.75, 3.05) is 20.8 Å². The van der Waals surface area contributed by atoms with Gasteiger partial charge in [-0.2, -0.15) is 5.26 Å². The molecule has 0 aromatic heterocycles. The van der Waals surface area contributed by atoms with Crippen molar-refractivity contribution in [3.05, 3.63) is 83.4 Å². The van der Waals surface area contributed by atoms with E-state index in [9.17, 15) is 20.1 Å². The smallest absolute Gasteiger partial charge is 0.310 e. The first-order chi connectivity index (χ1) is 19.2. The number of aliphatic carboxylic acids is 1. The van der Waals surface area contributed by atoms with Gasteiger partial charge in [-0.25, -0.2) is 0 Å². The highest BCUT2D eigenvalue weighted by Gasteiger charge is 2.82. The van der Waals surface area contributed by atoms with E-state index >= 15 is 0 Å². The first-order valence-corrected chi connectivity index (χ1v) is 13.0. The highest BCUT2D eigenvalue weighted by molar-refractivity contribution is 5.78. The molecule has 1 heterocycles. The fraction of sp³-hybridized carbons (Fsp3) is 0.355. The quantitative estimate of drug-likeness (QED) is 0.339. The van der Waals surface area contributed by atoms with E-state index in [1.165, 1.54) is 21.1 Å². The molecule has 1 aliphatic heterocycles. The van der Waals surface area contributed by atoms with E-state index in [2.05, 4.69) is 6.07 Å². The van der Waals surface area contributed by atoms with Crippen molar-refractivity contribution < 1.29 is 39.1 Å². The van der Waals surface area contributed by atoms with Gasteiger partial charge in [0.25, 0.3) is 0 Å². The van der Waals surface area contributed by atoms with Gasteiger partial charge in [-0.1, -0.05) is 42.5 Å². The zero-order valence-corrected chi connectivity index (χ0v) is 22.5. The maximum Gasteiger partial charge on any atom is 0.310 e. The molecule has 40 heavy (non-hydrogen) atoms. The third kappa shape index (κ3) is 3.71. The van der Waals surface area contributed by atoms with Crippen LogP contribution in [0.4, 0.5) is 0 Å². The molecule has 1 aliphatic carbocycles. The highest BCUT2D eigenvalue weighted by Crippen LogP contribution is 2.73. The number of unbranched alkanes of at least 4 members (excludes halogenated alkanes) is 1. The summed E-state index contributed by atoms with van der Waals surface area (Å²) in [6.07, 6.45) is 0.846. The van der Waals surface area contributed by atoms with Gasteiger partial charge in [0.15, 0.2) is 11.2 Å². The number of carboxylic acids is 1. The number of fused-ring (bicyclic) bond motifs is 3. The van der Waals surface area contributed by atoms with Gasteiger partial charge in [0, 0.05) is 24.5 Å². The van der Waals surface area contributed by atoms with E-state index in [0.717, 1.165) is 0 Å². The Morgan fingerprint density at radius 2 is 1.73 bits per heavy atom. The minimum atomic E-state index is -2.28. The monoisotopic (exact) mass is 545 g/mol. The van der Waals surface area contributed by atoms with Crippen molar-refractivity contribution in [3.8, 4) is 29.1 Å². The Morgan fingerprint density at radius 3 is 2.33 bits per heavy atom. The van der Waals surface area contributed by atoms with Gasteiger partial charge in [-0.05, 0) is 36.6 Å². The molecule has 5 atom stereocenters. The first-order valence-electron chi connectivity index (χ1n) is 13.0. The number of hydrogen-bond acceptors (Lipinski definition) is 8. The molecule has 9 heteroatoms. The van der Waals surface area contributed by atoms with E-state index in [1.54, 1.807) is 60.7 Å². The van der Waals surface area contributed by atoms with E-state index in [1.807, 2.05) is 6.07 Å². The normalized spacial score (nSPS) is 28.1. The number of nitriles is 1. The van der Waals surface area contributed by atoms with Crippen molar-refractivity contribution in [1.29, 1.82) is 5.26 Å². The molecule has 3 aromatic rings. The molecule has 3 aromatic carbocycles. The number of methoxy groups -OCH3 is 2. The van der Waals surface area contributed by atoms with Crippen LogP contribution in [0.2, 0.25) is 0 Å². The number of ether oxygens (including phenoxy) is 4. The topological polar surface area (TPSA) is 138 Å². The summed E-state index contributed by atoms with van der Waals surface area (Å²) in [6, 6.07) is 20.9. The van der Waals surface area contributed by atoms with Crippen LogP contribution in [0.15, 0.2) is 66.7 Å². The fourth-order valence-corrected chi connectivity index (χ4v) is 6.48. The third-order valence-electron chi connectivity index (χ3n) is 8.18. The number of benzene rings is 3. The van der Waals surface area contributed by atoms with Crippen molar-refractivity contribution in [3.63, 3.8) is 0 Å². The lowest BCUT2D eigenvalue weighted by atomic mass is 9.69. The Morgan fingerprint density at radius 1 is 1.02 bits per heavy atom. The molecule has 0 radical (unpaired) electrons. The molecule has 2 aliphatic rings. The number of rotatable bonds is 9. The third-order valence-corrected chi connectivity index (χ3v) is 8.18. The summed E-state index contributed by atoms with van der Waals surface area (Å²) in [5.74, 6) is -2.48. The predicted molar refractivity (Wildman–Crippen MR) is 143 cm³/mol. The first kappa shape index (κ1) is 27.3. The summed E-state index contributed by atoms with van der Waals surface area (Å²) in [4.78, 5) is 12.9. The van der Waals surface area contributed by atoms with Gasteiger partial charge in [-0.3, -0.25) is 4.79 Å². The number of nitrogens with zero attached hydrogens (tertiary/aromatic N) is 1. The lowest BCUT2D eigenvalue weighted by Gasteiger charge is -2.43. The lowest BCUT2D eigenvalue weighted by Crippen LogP contribution is -2.57. The van der Waals surface area contributed by atoms with Gasteiger partial charge < -0.3 is 34.3 Å². The van der Waals surface area contributed by atoms with E-state index < -0.39 is 34.6 Å². The van der Waals surface area contributed by atoms with Gasteiger partial charge in [0.1, 0.15) is 28.6 Å². The van der Waals surface area contributed by atoms with E-state index in [0.29, 0.717) is 35.5 Å². The molecule has 0 bridgehead atoms. The second-order valence-corrected chi connectivity index (χ2v) is 10.2. The van der Waals surface area contributed by atoms with Crippen LogP contribution < -0.4 is 18.9 Å². The Kier molecular flexibility index (Phi) is 6.86. The summed E-state index contributed by atoms with van der Waals surface area (Å²) in [5.41, 5.74) is -5.15. The van der Waals surface area contributed by atoms with Crippen LogP contribution in [0.1, 0.15) is 42.4 Å². The second-order valence-electron chi connectivity index (χ2n) is 10.2. The Balaban J connectivity index is 1.81. The molecule has 5 rings (SSSR count). The maximum absolute atomic E-state index is 12.9. The van der Waals surface area contributed by atoms with E-state index in [4.69, 9.17) is 24.2 Å². The molecule has 1 saturated carbocycles. The van der Waals surface area contributed by atoms with Gasteiger partial charge in [0.2, 0.25) is 0 Å². The van der Waals surface area contributed by atoms with Crippen molar-refractivity contribution in [2.24, 2.45) is 5.92 Å². The van der Waals surface area contributed by atoms with Crippen molar-refractivity contribution in [1.82, 2.24) is 0 Å². The van der Waals surface area contributed by atoms with Crippen LogP contribution in [0.3, 0.4) is 0 Å². The van der Waals surface area contributed by atoms with Crippen molar-refractivity contribution in [2.45, 2.75) is 42.5 Å². The number of hydrogen-bond donors (Lipinski definition) is 3. The molecular formula is C31H31NO8. The maximum atomic E-state index is 12.9. The largest absolute Gasteiger partial charge is 0.497 e. The predicted octanol–water partition coefficient (Wildman–Crippen LogP) is 4.11. The van der Waals surface area contributed by atoms with Crippen LogP contribution in [0.25, 0.3) is 0 Å². The van der Waals surface area contributed by atoms with Crippen LogP contribution in [-0.4, -0.2) is 47.7 Å². The summed E-state index contributed by atoms with van der Waals surface area (Å²) in [6.45, 7) is 1.60. The molecule has 0 saturated heterocycles. The molecule has 0 spiro atoms. The zero-order chi connectivity index (χ0) is 28.7. The molecule has 208 valence electrons. The minimum absolute atomic E-state index is 0.130. The lowest BCUT2D eigenvalue weighted by molar-refractivity contribution is -0.200. The van der Waals surface area contributed by atoms with Crippen LogP contribution in [-0.2, 0) is 16.0 Å². The molecule has 5 unspecified atom stereocenters. The number of carboxylic acid groups (broad SMARTS) is 1. The standard InChI is InChI=1S/C31H31NO8/c1-29(35)27(28(33)34)25(19-9-5-4-6-10-19)30(20-11-13-21(37-2)14-12-20)31(29,36)26-23(38-3)17-22(18-24(26)40-30)39-16-8-7-15-32/h4-6,9-14,17-18,25,27,35-36H,7-8,16H2,1-3H3,(H,33,34). The summed E-state index contributed by atoms with van der Waals surface area (Å²) in [5, 5.41) is 44.5. The SMILES string of the molecule is COc1ccc(C23Oc4cc(OCCCC#N)cc(OC)c4C2(O)C(C)(O)C(C(=O)O)C3c2ccccc2)cc1. The minimum Gasteiger partial charge on any atom is -0.497 e. The fourth-order valence-electron chi connectivity index (χ4n) is 6.48. The molecular weight excluding hydrogens is 514 g/mol. The number of carbonyl (C=O) groups is 1. The molecule has 1 fully saturated rings. The summed E-state index contributed by atoms with van der Waals surface area (Å²) >= 11 is 0. The molecule has 9 nitrogen and oxygen atoms in total. The van der Waals surface area contributed by atoms with Gasteiger partial charge in [-0.15, -0.1) is 0 Å². The average Bonchev–Trinajstić information content (AvgIpc) is 3.31. The Labute approximate surface area is 232 Å². The Bertz CT molecular complexity index is 1450. The highest BCUT2D eigenvalue weighted by atomic mass is 16.5.